The molecule has 1 aromatic heterocycles. The number of hydrogen-bond donors (Lipinski definition) is 0. The summed E-state index contributed by atoms with van der Waals surface area (Å²) in [5, 5.41) is 11.0. The molecule has 1 fully saturated rings. The number of allylic oxidation sites excluding steroid dienone is 1. The molecule has 0 spiro atoms. The van der Waals surface area contributed by atoms with E-state index in [0.717, 1.165) is 22.3 Å². The van der Waals surface area contributed by atoms with Gasteiger partial charge in [-0.1, -0.05) is 36.4 Å². The molecule has 1 saturated heterocycles. The Labute approximate surface area is 264 Å². The van der Waals surface area contributed by atoms with Crippen LogP contribution in [0, 0.1) is 17.1 Å². The van der Waals surface area contributed by atoms with E-state index in [-0.39, 0.29) is 36.1 Å². The number of rotatable bonds is 7. The van der Waals surface area contributed by atoms with Gasteiger partial charge in [0.1, 0.15) is 17.7 Å². The van der Waals surface area contributed by atoms with Crippen LogP contribution < -0.4 is 14.5 Å². The standard InChI is InChI=1S/C32H32ClF2N7O3/c1-19(34)31(43)42-14-13-41(15-21(42)9-11-36)30-22-10-12-40(25-6-4-5-20-7-8-23(35)29(33)28(20)25)16-24(22)37-32(38-30)45-27-18-44-17-26(27)39(2)3/h4-8,15,26-27H,1,9-10,12-14,16-18H2,2-3H3/t26-,27+/m0/s1. The minimum atomic E-state index is -1.09. The normalized spacial score (nSPS) is 19.8. The lowest BCUT2D eigenvalue weighted by Gasteiger charge is -2.37. The molecule has 3 aliphatic heterocycles. The maximum Gasteiger partial charge on any atom is 0.319 e. The van der Waals surface area contributed by atoms with Crippen LogP contribution in [0.25, 0.3) is 10.8 Å². The Hall–Kier alpha value is -4.31. The van der Waals surface area contributed by atoms with Gasteiger partial charge in [-0.05, 0) is 38.0 Å². The van der Waals surface area contributed by atoms with Crippen LogP contribution >= 0.6 is 11.6 Å². The topological polar surface area (TPSA) is 98.1 Å². The number of aromatic nitrogens is 2. The number of nitrogens with zero attached hydrogens (tertiary/aromatic N) is 7. The minimum absolute atomic E-state index is 0.00258. The molecule has 2 aromatic carbocycles. The first kappa shape index (κ1) is 30.7. The van der Waals surface area contributed by atoms with E-state index in [4.69, 9.17) is 31.0 Å². The van der Waals surface area contributed by atoms with E-state index in [0.29, 0.717) is 56.2 Å². The molecule has 0 saturated carbocycles. The van der Waals surface area contributed by atoms with Gasteiger partial charge in [0.25, 0.3) is 5.91 Å². The number of anilines is 2. The van der Waals surface area contributed by atoms with E-state index in [1.807, 2.05) is 42.1 Å². The number of benzene rings is 2. The quantitative estimate of drug-likeness (QED) is 0.346. The molecule has 0 bridgehead atoms. The number of ether oxygens (including phenoxy) is 2. The number of carbonyl (C=O) groups is 1. The zero-order valence-corrected chi connectivity index (χ0v) is 25.7. The minimum Gasteiger partial charge on any atom is -0.456 e. The van der Waals surface area contributed by atoms with E-state index in [2.05, 4.69) is 17.5 Å². The number of likely N-dealkylation sites (N-methyl/N-ethyl adjacent to an activating group) is 1. The molecule has 234 valence electrons. The van der Waals surface area contributed by atoms with Crippen molar-refractivity contribution >= 4 is 39.8 Å². The van der Waals surface area contributed by atoms with Crippen molar-refractivity contribution in [3.05, 3.63) is 76.7 Å². The van der Waals surface area contributed by atoms with Crippen molar-refractivity contribution < 1.29 is 23.0 Å². The lowest BCUT2D eigenvalue weighted by atomic mass is 10.0. The largest absolute Gasteiger partial charge is 0.456 e. The average molecular weight is 636 g/mol. The first-order chi connectivity index (χ1) is 21.7. The Balaban J connectivity index is 1.41. The highest BCUT2D eigenvalue weighted by Crippen LogP contribution is 2.38. The summed E-state index contributed by atoms with van der Waals surface area (Å²) in [7, 11) is 3.92. The van der Waals surface area contributed by atoms with E-state index in [1.165, 1.54) is 11.0 Å². The van der Waals surface area contributed by atoms with Gasteiger partial charge in [0.2, 0.25) is 0 Å². The summed E-state index contributed by atoms with van der Waals surface area (Å²) >= 11 is 6.47. The molecule has 1 amide bonds. The summed E-state index contributed by atoms with van der Waals surface area (Å²) in [6, 6.07) is 11.0. The average Bonchev–Trinajstić information content (AvgIpc) is 3.50. The highest BCUT2D eigenvalue weighted by Gasteiger charge is 2.35. The highest BCUT2D eigenvalue weighted by atomic mass is 35.5. The molecule has 13 heteroatoms. The number of carbonyl (C=O) groups excluding carboxylic acids is 1. The van der Waals surface area contributed by atoms with Gasteiger partial charge in [-0.3, -0.25) is 4.79 Å². The molecule has 3 aliphatic rings. The number of amides is 1. The molecule has 0 unspecified atom stereocenters. The molecule has 45 heavy (non-hydrogen) atoms. The van der Waals surface area contributed by atoms with E-state index in [9.17, 15) is 18.8 Å². The Morgan fingerprint density at radius 3 is 2.80 bits per heavy atom. The van der Waals surface area contributed by atoms with Crippen LogP contribution in [0.4, 0.5) is 20.3 Å². The Bertz CT molecular complexity index is 1740. The first-order valence-corrected chi connectivity index (χ1v) is 15.0. The zero-order valence-electron chi connectivity index (χ0n) is 25.0. The van der Waals surface area contributed by atoms with Crippen LogP contribution in [0.15, 0.2) is 54.6 Å². The molecule has 6 rings (SSSR count). The van der Waals surface area contributed by atoms with E-state index < -0.39 is 17.6 Å². The fourth-order valence-corrected chi connectivity index (χ4v) is 6.39. The maximum atomic E-state index is 14.6. The van der Waals surface area contributed by atoms with Gasteiger partial charge >= 0.3 is 6.01 Å². The third kappa shape index (κ3) is 5.91. The van der Waals surface area contributed by atoms with E-state index >= 15 is 0 Å². The summed E-state index contributed by atoms with van der Waals surface area (Å²) in [5.41, 5.74) is 2.73. The van der Waals surface area contributed by atoms with Crippen molar-refractivity contribution in [2.75, 3.05) is 56.7 Å². The summed E-state index contributed by atoms with van der Waals surface area (Å²) in [4.78, 5) is 29.4. The van der Waals surface area contributed by atoms with Crippen LogP contribution in [0.1, 0.15) is 17.7 Å². The van der Waals surface area contributed by atoms with Crippen molar-refractivity contribution in [1.29, 1.82) is 5.26 Å². The summed E-state index contributed by atoms with van der Waals surface area (Å²) in [6.45, 7) is 5.41. The molecular formula is C32H32ClF2N7O3. The summed E-state index contributed by atoms with van der Waals surface area (Å²) < 4.78 is 40.4. The second-order valence-corrected chi connectivity index (χ2v) is 11.8. The lowest BCUT2D eigenvalue weighted by Crippen LogP contribution is -2.43. The second-order valence-electron chi connectivity index (χ2n) is 11.4. The fraction of sp³-hybridized carbons (Fsp3) is 0.375. The van der Waals surface area contributed by atoms with Gasteiger partial charge in [-0.2, -0.15) is 15.2 Å². The van der Waals surface area contributed by atoms with Crippen molar-refractivity contribution in [2.24, 2.45) is 0 Å². The van der Waals surface area contributed by atoms with Gasteiger partial charge in [-0.15, -0.1) is 0 Å². The first-order valence-electron chi connectivity index (χ1n) is 14.6. The predicted molar refractivity (Wildman–Crippen MR) is 166 cm³/mol. The summed E-state index contributed by atoms with van der Waals surface area (Å²) in [5.74, 6) is -1.87. The SMILES string of the molecule is C=C(F)C(=O)N1CCN(c2nc(O[C@@H]3COC[C@@H]3N(C)C)nc3c2CCN(c2cccc4ccc(F)c(Cl)c24)C3)C=C1CC#N. The number of halogens is 3. The van der Waals surface area contributed by atoms with Gasteiger partial charge in [0, 0.05) is 42.5 Å². The van der Waals surface area contributed by atoms with Crippen LogP contribution in [-0.2, 0) is 22.5 Å². The monoisotopic (exact) mass is 635 g/mol. The zero-order chi connectivity index (χ0) is 31.8. The molecular weight excluding hydrogens is 604 g/mol. The Kier molecular flexibility index (Phi) is 8.59. The van der Waals surface area contributed by atoms with Gasteiger partial charge in [0.15, 0.2) is 5.83 Å². The molecule has 4 heterocycles. The van der Waals surface area contributed by atoms with Crippen LogP contribution in [0.5, 0.6) is 6.01 Å². The van der Waals surface area contributed by atoms with Crippen LogP contribution in [0.2, 0.25) is 5.02 Å². The third-order valence-electron chi connectivity index (χ3n) is 8.42. The predicted octanol–water partition coefficient (Wildman–Crippen LogP) is 4.58. The molecule has 0 radical (unpaired) electrons. The number of nitriles is 1. The van der Waals surface area contributed by atoms with Crippen LogP contribution in [-0.4, -0.2) is 84.8 Å². The molecule has 0 aliphatic carbocycles. The maximum absolute atomic E-state index is 14.6. The van der Waals surface area contributed by atoms with Gasteiger partial charge < -0.3 is 29.1 Å². The van der Waals surface area contributed by atoms with Crippen molar-refractivity contribution in [2.45, 2.75) is 31.5 Å². The molecule has 3 aromatic rings. The van der Waals surface area contributed by atoms with Crippen molar-refractivity contribution in [3.8, 4) is 12.1 Å². The van der Waals surface area contributed by atoms with Gasteiger partial charge in [0.05, 0.1) is 54.7 Å². The Morgan fingerprint density at radius 2 is 2.04 bits per heavy atom. The Morgan fingerprint density at radius 1 is 1.22 bits per heavy atom. The third-order valence-corrected chi connectivity index (χ3v) is 8.79. The fourth-order valence-electron chi connectivity index (χ4n) is 6.12. The summed E-state index contributed by atoms with van der Waals surface area (Å²) in [6.07, 6.45) is 1.78. The van der Waals surface area contributed by atoms with Crippen LogP contribution in [0.3, 0.4) is 0 Å². The van der Waals surface area contributed by atoms with Gasteiger partial charge in [-0.25, -0.2) is 8.78 Å². The lowest BCUT2D eigenvalue weighted by molar-refractivity contribution is -0.126. The molecule has 10 nitrogen and oxygen atoms in total. The molecule has 0 N–H and O–H groups in total. The smallest absolute Gasteiger partial charge is 0.319 e. The number of fused-ring (bicyclic) bond motifs is 2. The highest BCUT2D eigenvalue weighted by molar-refractivity contribution is 6.36. The van der Waals surface area contributed by atoms with Crippen molar-refractivity contribution in [3.63, 3.8) is 0 Å². The second kappa shape index (κ2) is 12.6. The number of hydrogen-bond acceptors (Lipinski definition) is 9. The van der Waals surface area contributed by atoms with Crippen molar-refractivity contribution in [1.82, 2.24) is 19.8 Å². The van der Waals surface area contributed by atoms with E-state index in [1.54, 1.807) is 12.3 Å². The molecule has 2 atom stereocenters.